The maximum Gasteiger partial charge on any atom is 0.370 e. The Bertz CT molecular complexity index is 344. The highest BCUT2D eigenvalue weighted by Crippen LogP contribution is 2.42. The van der Waals surface area contributed by atoms with Crippen LogP contribution < -0.4 is 5.73 Å². The molecule has 0 bridgehead atoms. The van der Waals surface area contributed by atoms with Crippen molar-refractivity contribution in [2.24, 2.45) is 5.73 Å². The van der Waals surface area contributed by atoms with Crippen molar-refractivity contribution in [3.63, 3.8) is 0 Å². The van der Waals surface area contributed by atoms with Crippen molar-refractivity contribution in [2.75, 3.05) is 21.3 Å². The lowest BCUT2D eigenvalue weighted by molar-refractivity contribution is -0.125. The van der Waals surface area contributed by atoms with E-state index in [9.17, 15) is 9.59 Å². The first kappa shape index (κ1) is 21.2. The van der Waals surface area contributed by atoms with Crippen molar-refractivity contribution in [3.8, 4) is 0 Å². The zero-order chi connectivity index (χ0) is 17.2. The van der Waals surface area contributed by atoms with Crippen molar-refractivity contribution in [1.29, 1.82) is 0 Å². The van der Waals surface area contributed by atoms with Crippen molar-refractivity contribution < 1.29 is 23.2 Å². The van der Waals surface area contributed by atoms with E-state index in [0.29, 0.717) is 0 Å². The second-order valence-corrected chi connectivity index (χ2v) is 9.40. The average molecular weight is 334 g/mol. The minimum absolute atomic E-state index is 0.122. The van der Waals surface area contributed by atoms with Crippen LogP contribution in [0.1, 0.15) is 52.4 Å². The molecule has 1 atom stereocenters. The Hall–Kier alpha value is -0.763. The number of methoxy groups -OCH3 is 1. The summed E-state index contributed by atoms with van der Waals surface area (Å²) in [7, 11) is 3.22. The molecule has 0 aromatic rings. The summed E-state index contributed by atoms with van der Waals surface area (Å²) >= 11 is 0. The predicted octanol–water partition coefficient (Wildman–Crippen LogP) is 2.08. The largest absolute Gasteiger partial charge is 0.396 e. The minimum atomic E-state index is -2.15. The van der Waals surface area contributed by atoms with E-state index in [1.165, 1.54) is 19.8 Å². The van der Waals surface area contributed by atoms with Crippen LogP contribution in [0.3, 0.4) is 0 Å². The van der Waals surface area contributed by atoms with Gasteiger partial charge in [-0.1, -0.05) is 26.2 Å². The molecule has 1 aliphatic heterocycles. The summed E-state index contributed by atoms with van der Waals surface area (Å²) in [4.78, 5) is 19.8. The van der Waals surface area contributed by atoms with Gasteiger partial charge in [0, 0.05) is 21.3 Å². The van der Waals surface area contributed by atoms with Crippen LogP contribution in [0.25, 0.3) is 0 Å². The number of amides is 1. The molecule has 0 aromatic carbocycles. The molecule has 130 valence electrons. The van der Waals surface area contributed by atoms with Gasteiger partial charge in [-0.2, -0.15) is 0 Å². The van der Waals surface area contributed by atoms with Gasteiger partial charge in [0.05, 0.1) is 6.42 Å². The van der Waals surface area contributed by atoms with E-state index in [1.54, 1.807) is 21.3 Å². The second kappa shape index (κ2) is 10.1. The van der Waals surface area contributed by atoms with Gasteiger partial charge < -0.3 is 19.3 Å². The summed E-state index contributed by atoms with van der Waals surface area (Å²) in [5.74, 6) is -0.750. The lowest BCUT2D eigenvalue weighted by Gasteiger charge is -2.47. The van der Waals surface area contributed by atoms with E-state index in [4.69, 9.17) is 13.6 Å². The third-order valence-electron chi connectivity index (χ3n) is 4.16. The second-order valence-electron chi connectivity index (χ2n) is 5.66. The predicted molar refractivity (Wildman–Crippen MR) is 87.6 cm³/mol. The molecule has 1 heterocycles. The quantitative estimate of drug-likeness (QED) is 0.569. The molecule has 6 nitrogen and oxygen atoms in total. The normalized spacial score (nSPS) is 23.3. The smallest absolute Gasteiger partial charge is 0.370 e. The molecule has 1 rings (SSSR count). The van der Waals surface area contributed by atoms with Gasteiger partial charge in [-0.05, 0) is 25.8 Å². The first-order valence-electron chi connectivity index (χ1n) is 7.76. The molecule has 22 heavy (non-hydrogen) atoms. The van der Waals surface area contributed by atoms with Crippen LogP contribution in [0.5, 0.6) is 0 Å². The van der Waals surface area contributed by atoms with Gasteiger partial charge in [0.25, 0.3) is 0 Å². The summed E-state index contributed by atoms with van der Waals surface area (Å²) in [6, 6.07) is 1.06. The number of hydrogen-bond donors (Lipinski definition) is 1. The SMILES string of the molecule is CC(=O)CC(N)=O.CCCC1(OC)CCCC[Si]1(OC)OC. The fourth-order valence-corrected chi connectivity index (χ4v) is 7.16. The third kappa shape index (κ3) is 5.46. The van der Waals surface area contributed by atoms with Crippen LogP contribution in [-0.4, -0.2) is 46.8 Å². The lowest BCUT2D eigenvalue weighted by Crippen LogP contribution is -2.64. The topological polar surface area (TPSA) is 87.9 Å². The molecule has 1 amide bonds. The van der Waals surface area contributed by atoms with Crippen molar-refractivity contribution >= 4 is 20.3 Å². The van der Waals surface area contributed by atoms with E-state index in [0.717, 1.165) is 25.3 Å². The third-order valence-corrected chi connectivity index (χ3v) is 8.58. The van der Waals surface area contributed by atoms with Gasteiger partial charge in [0.15, 0.2) is 0 Å². The van der Waals surface area contributed by atoms with Gasteiger partial charge in [-0.15, -0.1) is 0 Å². The summed E-state index contributed by atoms with van der Waals surface area (Å²) < 4.78 is 17.4. The molecule has 0 aromatic heterocycles. The zero-order valence-corrected chi connectivity index (χ0v) is 15.6. The van der Waals surface area contributed by atoms with Crippen LogP contribution in [0.15, 0.2) is 0 Å². The summed E-state index contributed by atoms with van der Waals surface area (Å²) in [5, 5.41) is -0.122. The van der Waals surface area contributed by atoms with Gasteiger partial charge in [0.1, 0.15) is 11.0 Å². The van der Waals surface area contributed by atoms with Crippen LogP contribution in [0.4, 0.5) is 0 Å². The molecular formula is C15H31NO5Si. The zero-order valence-electron chi connectivity index (χ0n) is 14.6. The number of Topliss-reactive ketones (excluding diaryl/α,β-unsaturated/α-hetero) is 1. The average Bonchev–Trinajstić information content (AvgIpc) is 2.47. The molecule has 0 spiro atoms. The standard InChI is InChI=1S/C11H24O3Si.C4H7NO2/c1-5-8-11(12-2)9-6-7-10-15(11,13-3)14-4;1-3(6)2-4(5)7/h5-10H2,1-4H3;2H2,1H3,(H2,5,7). The summed E-state index contributed by atoms with van der Waals surface area (Å²) in [6.45, 7) is 3.52. The molecule has 1 saturated heterocycles. The first-order chi connectivity index (χ1) is 10.3. The van der Waals surface area contributed by atoms with Gasteiger partial charge in [0.2, 0.25) is 5.91 Å². The fraction of sp³-hybridized carbons (Fsp3) is 0.867. The van der Waals surface area contributed by atoms with E-state index in [1.807, 2.05) is 0 Å². The number of rotatable bonds is 7. The Kier molecular flexibility index (Phi) is 9.74. The Morgan fingerprint density at radius 2 is 1.77 bits per heavy atom. The summed E-state index contributed by atoms with van der Waals surface area (Å²) in [6.07, 6.45) is 5.57. The number of ether oxygens (including phenoxy) is 1. The minimum Gasteiger partial charge on any atom is -0.396 e. The molecule has 1 fully saturated rings. The Balaban J connectivity index is 0.000000534. The number of hydrogen-bond acceptors (Lipinski definition) is 5. The number of primary amides is 1. The fourth-order valence-electron chi connectivity index (χ4n) is 3.17. The lowest BCUT2D eigenvalue weighted by atomic mass is 10.1. The Morgan fingerprint density at radius 3 is 2.09 bits per heavy atom. The maximum atomic E-state index is 9.95. The van der Waals surface area contributed by atoms with Crippen molar-refractivity contribution in [1.82, 2.24) is 0 Å². The van der Waals surface area contributed by atoms with Crippen LogP contribution in [-0.2, 0) is 23.2 Å². The molecular weight excluding hydrogens is 302 g/mol. The van der Waals surface area contributed by atoms with E-state index >= 15 is 0 Å². The van der Waals surface area contributed by atoms with Crippen LogP contribution >= 0.6 is 0 Å². The molecule has 7 heteroatoms. The van der Waals surface area contributed by atoms with Crippen LogP contribution in [0.2, 0.25) is 6.04 Å². The number of carbonyl (C=O) groups excluding carboxylic acids is 2. The molecule has 0 saturated carbocycles. The summed E-state index contributed by atoms with van der Waals surface area (Å²) in [5.41, 5.74) is 4.63. The maximum absolute atomic E-state index is 9.95. The monoisotopic (exact) mass is 333 g/mol. The highest BCUT2D eigenvalue weighted by atomic mass is 28.4. The van der Waals surface area contributed by atoms with Gasteiger partial charge in [-0.25, -0.2) is 0 Å². The van der Waals surface area contributed by atoms with Gasteiger partial charge in [-0.3, -0.25) is 9.59 Å². The van der Waals surface area contributed by atoms with E-state index < -0.39 is 14.5 Å². The number of carbonyl (C=O) groups is 2. The van der Waals surface area contributed by atoms with E-state index in [2.05, 4.69) is 12.7 Å². The van der Waals surface area contributed by atoms with Crippen molar-refractivity contribution in [2.45, 2.75) is 63.6 Å². The van der Waals surface area contributed by atoms with Gasteiger partial charge >= 0.3 is 8.56 Å². The first-order valence-corrected chi connectivity index (χ1v) is 9.78. The molecule has 1 unspecified atom stereocenters. The highest BCUT2D eigenvalue weighted by Gasteiger charge is 2.58. The highest BCUT2D eigenvalue weighted by molar-refractivity contribution is 6.70. The molecule has 2 N–H and O–H groups in total. The van der Waals surface area contributed by atoms with Crippen LogP contribution in [0, 0.1) is 0 Å². The molecule has 1 aliphatic rings. The Labute approximate surface area is 134 Å². The van der Waals surface area contributed by atoms with Crippen molar-refractivity contribution in [3.05, 3.63) is 0 Å². The molecule has 0 radical (unpaired) electrons. The number of nitrogens with two attached hydrogens (primary N) is 1. The molecule has 0 aliphatic carbocycles. The number of ketones is 1. The van der Waals surface area contributed by atoms with E-state index in [-0.39, 0.29) is 17.4 Å². The Morgan fingerprint density at radius 1 is 1.18 bits per heavy atom.